The fourth-order valence-corrected chi connectivity index (χ4v) is 1.66. The van der Waals surface area contributed by atoms with Gasteiger partial charge in [0.15, 0.2) is 0 Å². The number of hydrogen-bond acceptors (Lipinski definition) is 0. The van der Waals surface area contributed by atoms with Crippen molar-refractivity contribution in [3.63, 3.8) is 0 Å². The summed E-state index contributed by atoms with van der Waals surface area (Å²) in [5.74, 6) is -0.0837. The third-order valence-electron chi connectivity index (χ3n) is 2.18. The fraction of sp³-hybridized carbons (Fsp3) is 0.455. The van der Waals surface area contributed by atoms with Gasteiger partial charge in [-0.2, -0.15) is 0 Å². The number of rotatable bonds is 2. The standard InChI is InChI=1S/C11H14BrF/c1-4-10(12)9-5-7(2)11(13)8(3)6-9/h5-6,10H,4H2,1-3H3. The van der Waals surface area contributed by atoms with Crippen LogP contribution >= 0.6 is 15.9 Å². The Balaban J connectivity index is 3.13. The molecular weight excluding hydrogens is 231 g/mol. The summed E-state index contributed by atoms with van der Waals surface area (Å²) in [6.07, 6.45) is 1.02. The van der Waals surface area contributed by atoms with Crippen LogP contribution in [0.2, 0.25) is 0 Å². The highest BCUT2D eigenvalue weighted by Crippen LogP contribution is 2.28. The number of halogens is 2. The largest absolute Gasteiger partial charge is 0.206 e. The predicted molar refractivity (Wildman–Crippen MR) is 57.8 cm³/mol. The van der Waals surface area contributed by atoms with Gasteiger partial charge in [-0.1, -0.05) is 35.0 Å². The molecule has 2 heteroatoms. The van der Waals surface area contributed by atoms with Gasteiger partial charge < -0.3 is 0 Å². The third kappa shape index (κ3) is 2.31. The summed E-state index contributed by atoms with van der Waals surface area (Å²) in [6, 6.07) is 3.82. The first-order valence-corrected chi connectivity index (χ1v) is 5.38. The first kappa shape index (κ1) is 10.7. The summed E-state index contributed by atoms with van der Waals surface area (Å²) < 4.78 is 13.3. The van der Waals surface area contributed by atoms with Crippen LogP contribution in [0.3, 0.4) is 0 Å². The van der Waals surface area contributed by atoms with Crippen molar-refractivity contribution >= 4 is 15.9 Å². The van der Waals surface area contributed by atoms with Crippen molar-refractivity contribution in [2.45, 2.75) is 32.0 Å². The highest BCUT2D eigenvalue weighted by Gasteiger charge is 2.09. The zero-order valence-electron chi connectivity index (χ0n) is 8.20. The van der Waals surface area contributed by atoms with Crippen LogP contribution in [0.4, 0.5) is 4.39 Å². The normalized spacial score (nSPS) is 13.0. The average molecular weight is 245 g/mol. The van der Waals surface area contributed by atoms with E-state index in [9.17, 15) is 4.39 Å². The lowest BCUT2D eigenvalue weighted by Crippen LogP contribution is -1.94. The molecule has 1 rings (SSSR count). The Kier molecular flexibility index (Phi) is 3.48. The summed E-state index contributed by atoms with van der Waals surface area (Å²) in [4.78, 5) is 0.338. The lowest BCUT2D eigenvalue weighted by molar-refractivity contribution is 0.608. The molecule has 0 N–H and O–H groups in total. The van der Waals surface area contributed by atoms with E-state index in [1.54, 1.807) is 13.8 Å². The van der Waals surface area contributed by atoms with Crippen LogP contribution in [0.15, 0.2) is 12.1 Å². The van der Waals surface area contributed by atoms with Crippen molar-refractivity contribution in [2.24, 2.45) is 0 Å². The average Bonchev–Trinajstić information content (AvgIpc) is 2.12. The summed E-state index contributed by atoms with van der Waals surface area (Å²) >= 11 is 3.56. The molecule has 13 heavy (non-hydrogen) atoms. The van der Waals surface area contributed by atoms with Gasteiger partial charge in [-0.05, 0) is 37.0 Å². The molecule has 1 aromatic carbocycles. The molecular formula is C11H14BrF. The molecule has 0 aromatic heterocycles. The Morgan fingerprint density at radius 1 is 1.31 bits per heavy atom. The number of aryl methyl sites for hydroxylation is 2. The molecule has 0 bridgehead atoms. The van der Waals surface area contributed by atoms with Gasteiger partial charge in [-0.3, -0.25) is 0 Å². The van der Waals surface area contributed by atoms with Gasteiger partial charge in [0.2, 0.25) is 0 Å². The van der Waals surface area contributed by atoms with E-state index in [0.29, 0.717) is 4.83 Å². The van der Waals surface area contributed by atoms with Gasteiger partial charge in [-0.15, -0.1) is 0 Å². The topological polar surface area (TPSA) is 0 Å². The number of hydrogen-bond donors (Lipinski definition) is 0. The zero-order chi connectivity index (χ0) is 10.0. The summed E-state index contributed by atoms with van der Waals surface area (Å²) in [7, 11) is 0. The second-order valence-corrected chi connectivity index (χ2v) is 4.45. The van der Waals surface area contributed by atoms with E-state index in [-0.39, 0.29) is 5.82 Å². The maximum atomic E-state index is 13.3. The zero-order valence-corrected chi connectivity index (χ0v) is 9.78. The minimum Gasteiger partial charge on any atom is -0.206 e. The van der Waals surface area contributed by atoms with E-state index in [2.05, 4.69) is 22.9 Å². The van der Waals surface area contributed by atoms with Crippen LogP contribution in [0, 0.1) is 19.7 Å². The molecule has 0 heterocycles. The Hall–Kier alpha value is -0.370. The maximum absolute atomic E-state index is 13.3. The molecule has 0 fully saturated rings. The molecule has 0 radical (unpaired) electrons. The molecule has 0 nitrogen and oxygen atoms in total. The van der Waals surface area contributed by atoms with Crippen LogP contribution < -0.4 is 0 Å². The highest BCUT2D eigenvalue weighted by molar-refractivity contribution is 9.09. The maximum Gasteiger partial charge on any atom is 0.129 e. The van der Waals surface area contributed by atoms with E-state index in [1.807, 2.05) is 12.1 Å². The van der Waals surface area contributed by atoms with Crippen LogP contribution in [-0.2, 0) is 0 Å². The second-order valence-electron chi connectivity index (χ2n) is 3.34. The van der Waals surface area contributed by atoms with E-state index < -0.39 is 0 Å². The van der Waals surface area contributed by atoms with E-state index in [4.69, 9.17) is 0 Å². The lowest BCUT2D eigenvalue weighted by atomic mass is 10.0. The Labute approximate surface area is 87.3 Å². The number of benzene rings is 1. The minimum atomic E-state index is -0.0837. The van der Waals surface area contributed by atoms with E-state index in [1.165, 1.54) is 5.56 Å². The van der Waals surface area contributed by atoms with Gasteiger partial charge in [0.1, 0.15) is 5.82 Å². The molecule has 0 saturated carbocycles. The van der Waals surface area contributed by atoms with Crippen molar-refractivity contribution in [1.82, 2.24) is 0 Å². The Bertz CT molecular complexity index is 284. The SMILES string of the molecule is CCC(Br)c1cc(C)c(F)c(C)c1. The summed E-state index contributed by atoms with van der Waals surface area (Å²) in [6.45, 7) is 5.72. The van der Waals surface area contributed by atoms with Crippen LogP contribution in [0.1, 0.15) is 34.9 Å². The molecule has 0 spiro atoms. The minimum absolute atomic E-state index is 0.0837. The van der Waals surface area contributed by atoms with Crippen molar-refractivity contribution < 1.29 is 4.39 Å². The quantitative estimate of drug-likeness (QED) is 0.682. The third-order valence-corrected chi connectivity index (χ3v) is 3.36. The van der Waals surface area contributed by atoms with Crippen LogP contribution in [0.25, 0.3) is 0 Å². The number of alkyl halides is 1. The van der Waals surface area contributed by atoms with E-state index in [0.717, 1.165) is 17.5 Å². The van der Waals surface area contributed by atoms with Gasteiger partial charge in [0.25, 0.3) is 0 Å². The van der Waals surface area contributed by atoms with Gasteiger partial charge in [-0.25, -0.2) is 4.39 Å². The van der Waals surface area contributed by atoms with Gasteiger partial charge in [0, 0.05) is 4.83 Å². The van der Waals surface area contributed by atoms with Crippen molar-refractivity contribution in [1.29, 1.82) is 0 Å². The van der Waals surface area contributed by atoms with Crippen molar-refractivity contribution in [3.05, 3.63) is 34.6 Å². The monoisotopic (exact) mass is 244 g/mol. The Morgan fingerprint density at radius 2 is 1.77 bits per heavy atom. The van der Waals surface area contributed by atoms with Crippen LogP contribution in [-0.4, -0.2) is 0 Å². The molecule has 0 amide bonds. The molecule has 1 atom stereocenters. The first-order chi connectivity index (χ1) is 6.06. The van der Waals surface area contributed by atoms with Gasteiger partial charge in [0.05, 0.1) is 0 Å². The van der Waals surface area contributed by atoms with Crippen LogP contribution in [0.5, 0.6) is 0 Å². The second kappa shape index (κ2) is 4.23. The molecule has 0 aliphatic carbocycles. The molecule has 0 saturated heterocycles. The Morgan fingerprint density at radius 3 is 2.15 bits per heavy atom. The lowest BCUT2D eigenvalue weighted by Gasteiger charge is -2.10. The molecule has 0 aliphatic rings. The van der Waals surface area contributed by atoms with E-state index >= 15 is 0 Å². The predicted octanol–water partition coefficient (Wildman–Crippen LogP) is 4.29. The van der Waals surface area contributed by atoms with Crippen molar-refractivity contribution in [3.8, 4) is 0 Å². The molecule has 72 valence electrons. The summed E-state index contributed by atoms with van der Waals surface area (Å²) in [5.41, 5.74) is 2.62. The molecule has 0 aliphatic heterocycles. The fourth-order valence-electron chi connectivity index (χ4n) is 1.40. The van der Waals surface area contributed by atoms with Gasteiger partial charge >= 0.3 is 0 Å². The summed E-state index contributed by atoms with van der Waals surface area (Å²) in [5, 5.41) is 0. The molecule has 1 aromatic rings. The smallest absolute Gasteiger partial charge is 0.129 e. The molecule has 1 unspecified atom stereocenters. The highest BCUT2D eigenvalue weighted by atomic mass is 79.9. The first-order valence-electron chi connectivity index (χ1n) is 4.47. The van der Waals surface area contributed by atoms with Crippen molar-refractivity contribution in [2.75, 3.05) is 0 Å².